The van der Waals surface area contributed by atoms with Gasteiger partial charge in [0.1, 0.15) is 12.5 Å². The van der Waals surface area contributed by atoms with Crippen LogP contribution in [0.5, 0.6) is 0 Å². The molecule has 0 unspecified atom stereocenters. The second-order valence-corrected chi connectivity index (χ2v) is 2.98. The van der Waals surface area contributed by atoms with Crippen LogP contribution in [0.25, 0.3) is 0 Å². The Morgan fingerprint density at radius 2 is 2.25 bits per heavy atom. The molecule has 0 saturated carbocycles. The van der Waals surface area contributed by atoms with Crippen molar-refractivity contribution < 1.29 is 0 Å². The minimum Gasteiger partial charge on any atom is -0.350 e. The first-order valence-corrected chi connectivity index (χ1v) is 3.99. The molecule has 1 N–H and O–H groups in total. The smallest absolute Gasteiger partial charge is 0.136 e. The van der Waals surface area contributed by atoms with Crippen molar-refractivity contribution >= 4 is 12.0 Å². The van der Waals surface area contributed by atoms with Crippen LogP contribution in [0.15, 0.2) is 11.1 Å². The number of aryl methyl sites for hydroxylation is 2. The van der Waals surface area contributed by atoms with Crippen LogP contribution in [0.1, 0.15) is 16.8 Å². The van der Waals surface area contributed by atoms with Gasteiger partial charge in [-0.3, -0.25) is 4.99 Å². The van der Waals surface area contributed by atoms with E-state index >= 15 is 0 Å². The van der Waals surface area contributed by atoms with Crippen LogP contribution < -0.4 is 5.32 Å². The van der Waals surface area contributed by atoms with Gasteiger partial charge >= 0.3 is 0 Å². The lowest BCUT2D eigenvalue weighted by Gasteiger charge is -2.12. The number of hydrogen-bond acceptors (Lipinski definition) is 3. The molecule has 0 atom stereocenters. The highest BCUT2D eigenvalue weighted by atomic mass is 15.1. The summed E-state index contributed by atoms with van der Waals surface area (Å²) in [7, 11) is 0. The predicted octanol–water partition coefficient (Wildman–Crippen LogP) is 1.50. The zero-order chi connectivity index (χ0) is 8.55. The molecule has 12 heavy (non-hydrogen) atoms. The number of rotatable bonds is 0. The first kappa shape index (κ1) is 7.28. The lowest BCUT2D eigenvalue weighted by molar-refractivity contribution is 1.06. The number of anilines is 1. The molecule has 3 nitrogen and oxygen atoms in total. The molecule has 2 rings (SSSR count). The fourth-order valence-electron chi connectivity index (χ4n) is 1.23. The van der Waals surface area contributed by atoms with Crippen molar-refractivity contribution in [2.75, 3.05) is 12.0 Å². The molecular formula is C9H11N3. The third-order valence-corrected chi connectivity index (χ3v) is 2.06. The minimum absolute atomic E-state index is 0.641. The lowest BCUT2D eigenvalue weighted by Crippen LogP contribution is -2.10. The van der Waals surface area contributed by atoms with E-state index in [2.05, 4.69) is 28.3 Å². The summed E-state index contributed by atoms with van der Waals surface area (Å²) in [6.07, 6.45) is 1.87. The molecule has 1 aliphatic heterocycles. The Morgan fingerprint density at radius 3 is 3.08 bits per heavy atom. The maximum Gasteiger partial charge on any atom is 0.136 e. The second-order valence-electron chi connectivity index (χ2n) is 2.98. The molecular weight excluding hydrogens is 150 g/mol. The molecule has 0 bridgehead atoms. The van der Waals surface area contributed by atoms with Crippen molar-refractivity contribution in [2.24, 2.45) is 4.99 Å². The summed E-state index contributed by atoms with van der Waals surface area (Å²) >= 11 is 0. The zero-order valence-corrected chi connectivity index (χ0v) is 7.26. The predicted molar refractivity (Wildman–Crippen MR) is 49.8 cm³/mol. The lowest BCUT2D eigenvalue weighted by atomic mass is 10.1. The number of pyridine rings is 1. The maximum atomic E-state index is 4.41. The largest absolute Gasteiger partial charge is 0.350 e. The summed E-state index contributed by atoms with van der Waals surface area (Å²) in [6, 6.07) is 2.10. The van der Waals surface area contributed by atoms with Gasteiger partial charge in [0, 0.05) is 17.5 Å². The molecule has 0 fully saturated rings. The van der Waals surface area contributed by atoms with Crippen molar-refractivity contribution in [3.63, 3.8) is 0 Å². The highest BCUT2D eigenvalue weighted by Gasteiger charge is 2.06. The Kier molecular flexibility index (Phi) is 1.57. The van der Waals surface area contributed by atoms with Gasteiger partial charge in [0.05, 0.1) is 0 Å². The average Bonchev–Trinajstić information content (AvgIpc) is 2.07. The van der Waals surface area contributed by atoms with Gasteiger partial charge in [-0.2, -0.15) is 0 Å². The summed E-state index contributed by atoms with van der Waals surface area (Å²) in [4.78, 5) is 8.52. The Hall–Kier alpha value is -1.38. The highest BCUT2D eigenvalue weighted by Crippen LogP contribution is 2.16. The van der Waals surface area contributed by atoms with E-state index in [9.17, 15) is 0 Å². The van der Waals surface area contributed by atoms with E-state index in [1.165, 1.54) is 5.56 Å². The quantitative estimate of drug-likeness (QED) is 0.626. The van der Waals surface area contributed by atoms with E-state index in [-0.39, 0.29) is 0 Å². The van der Waals surface area contributed by atoms with Gasteiger partial charge in [0.15, 0.2) is 0 Å². The molecule has 0 aromatic carbocycles. The second kappa shape index (κ2) is 2.59. The van der Waals surface area contributed by atoms with Crippen LogP contribution in [-0.2, 0) is 0 Å². The van der Waals surface area contributed by atoms with E-state index in [1.54, 1.807) is 0 Å². The standard InChI is InChI=1S/C9H11N3/c1-6-3-8-4-10-5-11-9(8)12-7(6)2/h3-4H,5H2,1-2H3,(H,11,12). The van der Waals surface area contributed by atoms with E-state index in [1.807, 2.05) is 13.1 Å². The van der Waals surface area contributed by atoms with Crippen molar-refractivity contribution in [2.45, 2.75) is 13.8 Å². The van der Waals surface area contributed by atoms with Crippen LogP contribution in [-0.4, -0.2) is 17.9 Å². The van der Waals surface area contributed by atoms with E-state index < -0.39 is 0 Å². The first-order valence-electron chi connectivity index (χ1n) is 3.99. The molecule has 0 radical (unpaired) electrons. The summed E-state index contributed by atoms with van der Waals surface area (Å²) in [5, 5.41) is 3.12. The molecule has 0 saturated heterocycles. The van der Waals surface area contributed by atoms with Crippen LogP contribution in [0.4, 0.5) is 5.82 Å². The van der Waals surface area contributed by atoms with Crippen molar-refractivity contribution in [3.05, 3.63) is 22.9 Å². The summed E-state index contributed by atoms with van der Waals surface area (Å²) in [5.74, 6) is 0.952. The van der Waals surface area contributed by atoms with Gasteiger partial charge in [-0.15, -0.1) is 0 Å². The SMILES string of the molecule is Cc1cc2c(nc1C)NCN=C2. The van der Waals surface area contributed by atoms with Crippen LogP contribution in [0, 0.1) is 13.8 Å². The Morgan fingerprint density at radius 1 is 1.42 bits per heavy atom. The summed E-state index contributed by atoms with van der Waals surface area (Å²) < 4.78 is 0. The van der Waals surface area contributed by atoms with Crippen LogP contribution >= 0.6 is 0 Å². The number of nitrogens with one attached hydrogen (secondary N) is 1. The molecule has 3 heteroatoms. The van der Waals surface area contributed by atoms with Crippen molar-refractivity contribution in [1.82, 2.24) is 4.98 Å². The Bertz CT molecular complexity index is 342. The molecule has 0 spiro atoms. The maximum absolute atomic E-state index is 4.41. The third kappa shape index (κ3) is 1.07. The molecule has 2 heterocycles. The Labute approximate surface area is 71.6 Å². The van der Waals surface area contributed by atoms with E-state index in [0.717, 1.165) is 17.1 Å². The monoisotopic (exact) mass is 161 g/mol. The fraction of sp³-hybridized carbons (Fsp3) is 0.333. The normalized spacial score (nSPS) is 13.8. The van der Waals surface area contributed by atoms with Crippen LogP contribution in [0.2, 0.25) is 0 Å². The minimum atomic E-state index is 0.641. The number of fused-ring (bicyclic) bond motifs is 1. The molecule has 1 aromatic heterocycles. The van der Waals surface area contributed by atoms with Gasteiger partial charge in [-0.25, -0.2) is 4.98 Å². The van der Waals surface area contributed by atoms with Gasteiger partial charge in [-0.05, 0) is 25.5 Å². The van der Waals surface area contributed by atoms with Crippen molar-refractivity contribution in [1.29, 1.82) is 0 Å². The van der Waals surface area contributed by atoms with Crippen LogP contribution in [0.3, 0.4) is 0 Å². The summed E-state index contributed by atoms with van der Waals surface area (Å²) in [6.45, 7) is 4.72. The van der Waals surface area contributed by atoms with Gasteiger partial charge in [0.25, 0.3) is 0 Å². The van der Waals surface area contributed by atoms with Gasteiger partial charge in [-0.1, -0.05) is 0 Å². The van der Waals surface area contributed by atoms with Gasteiger partial charge in [0.2, 0.25) is 0 Å². The first-order chi connectivity index (χ1) is 5.77. The molecule has 62 valence electrons. The van der Waals surface area contributed by atoms with Gasteiger partial charge < -0.3 is 5.32 Å². The molecule has 1 aromatic rings. The molecule has 0 aliphatic carbocycles. The van der Waals surface area contributed by atoms with Crippen molar-refractivity contribution in [3.8, 4) is 0 Å². The summed E-state index contributed by atoms with van der Waals surface area (Å²) in [5.41, 5.74) is 3.38. The number of aromatic nitrogens is 1. The number of hydrogen-bond donors (Lipinski definition) is 1. The third-order valence-electron chi connectivity index (χ3n) is 2.06. The Balaban J connectivity index is 2.58. The average molecular weight is 161 g/mol. The number of aliphatic imine (C=N–C) groups is 1. The zero-order valence-electron chi connectivity index (χ0n) is 7.26. The number of nitrogens with zero attached hydrogens (tertiary/aromatic N) is 2. The molecule has 1 aliphatic rings. The molecule has 0 amide bonds. The highest BCUT2D eigenvalue weighted by molar-refractivity contribution is 5.88. The fourth-order valence-corrected chi connectivity index (χ4v) is 1.23. The topological polar surface area (TPSA) is 37.3 Å². The van der Waals surface area contributed by atoms with E-state index in [4.69, 9.17) is 0 Å². The van der Waals surface area contributed by atoms with E-state index in [0.29, 0.717) is 6.67 Å².